The van der Waals surface area contributed by atoms with E-state index in [1.54, 1.807) is 0 Å². The number of anilines is 1. The Balaban J connectivity index is 1.67. The van der Waals surface area contributed by atoms with Crippen molar-refractivity contribution in [3.8, 4) is 0 Å². The van der Waals surface area contributed by atoms with Crippen molar-refractivity contribution in [2.75, 3.05) is 18.4 Å². The van der Waals surface area contributed by atoms with Gasteiger partial charge in [0.05, 0.1) is 0 Å². The number of rotatable bonds is 5. The van der Waals surface area contributed by atoms with Gasteiger partial charge < -0.3 is 5.32 Å². The van der Waals surface area contributed by atoms with Gasteiger partial charge in [-0.25, -0.2) is 0 Å². The number of halogens is 1. The van der Waals surface area contributed by atoms with E-state index in [-0.39, 0.29) is 0 Å². The lowest BCUT2D eigenvalue weighted by atomic mass is 10.1. The smallest absolute Gasteiger partial charge is 0.0401 e. The Morgan fingerprint density at radius 2 is 1.81 bits per heavy atom. The van der Waals surface area contributed by atoms with Crippen molar-refractivity contribution in [1.29, 1.82) is 0 Å². The van der Waals surface area contributed by atoms with Gasteiger partial charge in [0.2, 0.25) is 0 Å². The molecule has 2 aromatic rings. The largest absolute Gasteiger partial charge is 0.381 e. The molecule has 1 N–H and O–H groups in total. The lowest BCUT2D eigenvalue weighted by Crippen LogP contribution is -2.19. The van der Waals surface area contributed by atoms with Crippen molar-refractivity contribution >= 4 is 21.6 Å². The Morgan fingerprint density at radius 1 is 1.00 bits per heavy atom. The van der Waals surface area contributed by atoms with E-state index in [1.807, 2.05) is 0 Å². The molecule has 3 heteroatoms. The Hall–Kier alpha value is -1.32. The van der Waals surface area contributed by atoms with Crippen LogP contribution in [-0.2, 0) is 13.1 Å². The van der Waals surface area contributed by atoms with Crippen LogP contribution in [0.1, 0.15) is 24.0 Å². The van der Waals surface area contributed by atoms with Crippen LogP contribution >= 0.6 is 15.9 Å². The average molecular weight is 345 g/mol. The molecule has 0 spiro atoms. The van der Waals surface area contributed by atoms with E-state index >= 15 is 0 Å². The van der Waals surface area contributed by atoms with Gasteiger partial charge in [0.1, 0.15) is 0 Å². The molecule has 1 saturated heterocycles. The standard InChI is InChI=1S/C18H21BrN2/c19-17-8-5-6-15(12-17)13-20-18-9-2-1-7-16(18)14-21-10-3-4-11-21/h1-2,5-9,12,20H,3-4,10-11,13-14H2. The van der Waals surface area contributed by atoms with E-state index < -0.39 is 0 Å². The molecule has 1 heterocycles. The molecule has 1 aliphatic rings. The van der Waals surface area contributed by atoms with Crippen molar-refractivity contribution in [1.82, 2.24) is 4.90 Å². The van der Waals surface area contributed by atoms with Crippen LogP contribution in [0.3, 0.4) is 0 Å². The predicted octanol–water partition coefficient (Wildman–Crippen LogP) is 4.66. The van der Waals surface area contributed by atoms with Crippen LogP contribution in [0.2, 0.25) is 0 Å². The molecule has 2 aromatic carbocycles. The lowest BCUT2D eigenvalue weighted by molar-refractivity contribution is 0.332. The summed E-state index contributed by atoms with van der Waals surface area (Å²) in [6.07, 6.45) is 2.68. The van der Waals surface area contributed by atoms with Crippen molar-refractivity contribution in [2.24, 2.45) is 0 Å². The van der Waals surface area contributed by atoms with Gasteiger partial charge in [0.25, 0.3) is 0 Å². The highest BCUT2D eigenvalue weighted by Gasteiger charge is 2.13. The highest BCUT2D eigenvalue weighted by atomic mass is 79.9. The molecule has 21 heavy (non-hydrogen) atoms. The summed E-state index contributed by atoms with van der Waals surface area (Å²) in [5, 5.41) is 3.58. The van der Waals surface area contributed by atoms with Gasteiger partial charge in [0.15, 0.2) is 0 Å². The average Bonchev–Trinajstić information content (AvgIpc) is 2.99. The highest BCUT2D eigenvalue weighted by molar-refractivity contribution is 9.10. The SMILES string of the molecule is Brc1cccc(CNc2ccccc2CN2CCCC2)c1. The Morgan fingerprint density at radius 3 is 2.62 bits per heavy atom. The second-order valence-corrected chi connectivity index (χ2v) is 6.54. The Labute approximate surface area is 135 Å². The van der Waals surface area contributed by atoms with E-state index in [2.05, 4.69) is 74.7 Å². The second kappa shape index (κ2) is 7.10. The first kappa shape index (κ1) is 14.6. The maximum atomic E-state index is 3.58. The topological polar surface area (TPSA) is 15.3 Å². The second-order valence-electron chi connectivity index (χ2n) is 5.62. The number of nitrogens with one attached hydrogen (secondary N) is 1. The first-order valence-corrected chi connectivity index (χ1v) is 8.39. The van der Waals surface area contributed by atoms with Crippen LogP contribution in [0.5, 0.6) is 0 Å². The minimum Gasteiger partial charge on any atom is -0.381 e. The summed E-state index contributed by atoms with van der Waals surface area (Å²) in [6, 6.07) is 17.1. The maximum absolute atomic E-state index is 3.58. The first-order chi connectivity index (χ1) is 10.3. The van der Waals surface area contributed by atoms with E-state index in [4.69, 9.17) is 0 Å². The van der Waals surface area contributed by atoms with Gasteiger partial charge in [-0.15, -0.1) is 0 Å². The third-order valence-electron chi connectivity index (χ3n) is 3.98. The predicted molar refractivity (Wildman–Crippen MR) is 92.4 cm³/mol. The summed E-state index contributed by atoms with van der Waals surface area (Å²) in [7, 11) is 0. The summed E-state index contributed by atoms with van der Waals surface area (Å²) in [6.45, 7) is 4.39. The van der Waals surface area contributed by atoms with E-state index in [0.29, 0.717) is 0 Å². The van der Waals surface area contributed by atoms with Gasteiger partial charge in [0, 0.05) is 23.2 Å². The molecule has 110 valence electrons. The van der Waals surface area contributed by atoms with Gasteiger partial charge in [-0.05, 0) is 55.3 Å². The monoisotopic (exact) mass is 344 g/mol. The van der Waals surface area contributed by atoms with Gasteiger partial charge in [-0.3, -0.25) is 4.90 Å². The number of likely N-dealkylation sites (tertiary alicyclic amines) is 1. The quantitative estimate of drug-likeness (QED) is 0.848. The van der Waals surface area contributed by atoms with Crippen LogP contribution in [0, 0.1) is 0 Å². The van der Waals surface area contributed by atoms with Crippen molar-refractivity contribution in [3.05, 3.63) is 64.1 Å². The zero-order valence-electron chi connectivity index (χ0n) is 12.2. The Kier molecular flexibility index (Phi) is 4.94. The lowest BCUT2D eigenvalue weighted by Gasteiger charge is -2.18. The van der Waals surface area contributed by atoms with Gasteiger partial charge >= 0.3 is 0 Å². The molecule has 0 saturated carbocycles. The molecule has 0 unspecified atom stereocenters. The molecule has 0 aromatic heterocycles. The van der Waals surface area contributed by atoms with E-state index in [1.165, 1.54) is 42.7 Å². The molecular weight excluding hydrogens is 324 g/mol. The minimum absolute atomic E-state index is 0.858. The molecule has 0 radical (unpaired) electrons. The highest BCUT2D eigenvalue weighted by Crippen LogP contribution is 2.21. The molecule has 2 nitrogen and oxygen atoms in total. The number of hydrogen-bond acceptors (Lipinski definition) is 2. The fourth-order valence-corrected chi connectivity index (χ4v) is 3.30. The maximum Gasteiger partial charge on any atom is 0.0401 e. The number of para-hydroxylation sites is 1. The molecule has 0 bridgehead atoms. The van der Waals surface area contributed by atoms with Crippen LogP contribution in [0.25, 0.3) is 0 Å². The van der Waals surface area contributed by atoms with Crippen LogP contribution in [0.15, 0.2) is 53.0 Å². The fourth-order valence-electron chi connectivity index (χ4n) is 2.86. The molecule has 1 aliphatic heterocycles. The third kappa shape index (κ3) is 4.08. The summed E-state index contributed by atoms with van der Waals surface area (Å²) in [5.74, 6) is 0. The van der Waals surface area contributed by atoms with E-state index in [0.717, 1.165) is 17.6 Å². The van der Waals surface area contributed by atoms with Gasteiger partial charge in [-0.1, -0.05) is 46.3 Å². The summed E-state index contributed by atoms with van der Waals surface area (Å²) in [4.78, 5) is 2.54. The summed E-state index contributed by atoms with van der Waals surface area (Å²) >= 11 is 3.53. The van der Waals surface area contributed by atoms with Crippen molar-refractivity contribution in [2.45, 2.75) is 25.9 Å². The minimum atomic E-state index is 0.858. The number of hydrogen-bond donors (Lipinski definition) is 1. The molecule has 1 fully saturated rings. The molecule has 0 amide bonds. The number of nitrogens with zero attached hydrogens (tertiary/aromatic N) is 1. The number of benzene rings is 2. The molecule has 0 atom stereocenters. The van der Waals surface area contributed by atoms with E-state index in [9.17, 15) is 0 Å². The summed E-state index contributed by atoms with van der Waals surface area (Å²) in [5.41, 5.74) is 3.94. The molecule has 0 aliphatic carbocycles. The Bertz CT molecular complexity index is 591. The van der Waals surface area contributed by atoms with Crippen molar-refractivity contribution in [3.63, 3.8) is 0 Å². The first-order valence-electron chi connectivity index (χ1n) is 7.60. The summed E-state index contributed by atoms with van der Waals surface area (Å²) < 4.78 is 1.13. The normalized spacial score (nSPS) is 15.3. The van der Waals surface area contributed by atoms with Gasteiger partial charge in [-0.2, -0.15) is 0 Å². The third-order valence-corrected chi connectivity index (χ3v) is 4.48. The van der Waals surface area contributed by atoms with Crippen LogP contribution < -0.4 is 5.32 Å². The van der Waals surface area contributed by atoms with Crippen LogP contribution in [-0.4, -0.2) is 18.0 Å². The zero-order chi connectivity index (χ0) is 14.5. The molecule has 3 rings (SSSR count). The fraction of sp³-hybridized carbons (Fsp3) is 0.333. The zero-order valence-corrected chi connectivity index (χ0v) is 13.8. The van der Waals surface area contributed by atoms with Crippen molar-refractivity contribution < 1.29 is 0 Å². The van der Waals surface area contributed by atoms with Crippen LogP contribution in [0.4, 0.5) is 5.69 Å². The molecular formula is C18H21BrN2.